The van der Waals surface area contributed by atoms with Crippen LogP contribution in [-0.4, -0.2) is 23.3 Å². The van der Waals surface area contributed by atoms with Crippen LogP contribution in [0.25, 0.3) is 0 Å². The van der Waals surface area contributed by atoms with Crippen LogP contribution in [-0.2, 0) is 24.2 Å². The van der Waals surface area contributed by atoms with Gasteiger partial charge in [0.1, 0.15) is 0 Å². The van der Waals surface area contributed by atoms with Crippen molar-refractivity contribution in [3.8, 4) is 0 Å². The predicted octanol–water partition coefficient (Wildman–Crippen LogP) is 3.08. The quantitative estimate of drug-likeness (QED) is 0.881. The van der Waals surface area contributed by atoms with E-state index in [0.717, 1.165) is 18.4 Å². The van der Waals surface area contributed by atoms with Crippen molar-refractivity contribution in [3.05, 3.63) is 70.8 Å². The number of rotatable bonds is 6. The number of primary amides is 1. The maximum absolute atomic E-state index is 13.0. The number of carbonyl (C=O) groups excluding carboxylic acids is 2. The lowest BCUT2D eigenvalue weighted by atomic mass is 9.90. The molecule has 2 aromatic carbocycles. The topological polar surface area (TPSA) is 63.4 Å². The highest BCUT2D eigenvalue weighted by Crippen LogP contribution is 2.23. The monoisotopic (exact) mass is 336 g/mol. The summed E-state index contributed by atoms with van der Waals surface area (Å²) in [6.45, 7) is 0.810. The fourth-order valence-corrected chi connectivity index (χ4v) is 3.35. The molecule has 0 radical (unpaired) electrons. The van der Waals surface area contributed by atoms with Crippen LogP contribution in [0.3, 0.4) is 0 Å². The maximum atomic E-state index is 13.0. The molecule has 3 rings (SSSR count). The highest BCUT2D eigenvalue weighted by atomic mass is 16.2. The van der Waals surface area contributed by atoms with Gasteiger partial charge in [0.25, 0.3) is 5.91 Å². The summed E-state index contributed by atoms with van der Waals surface area (Å²) in [6.07, 6.45) is 4.71. The lowest BCUT2D eigenvalue weighted by Gasteiger charge is -2.24. The summed E-state index contributed by atoms with van der Waals surface area (Å²) < 4.78 is 0. The van der Waals surface area contributed by atoms with Crippen LogP contribution < -0.4 is 5.73 Å². The Morgan fingerprint density at radius 3 is 2.40 bits per heavy atom. The Bertz CT molecular complexity index is 756. The molecular formula is C21H24N2O2. The van der Waals surface area contributed by atoms with E-state index in [2.05, 4.69) is 6.07 Å². The largest absolute Gasteiger partial charge is 0.370 e. The van der Waals surface area contributed by atoms with Gasteiger partial charge in [0.05, 0.1) is 0 Å². The van der Waals surface area contributed by atoms with E-state index in [0.29, 0.717) is 18.7 Å². The van der Waals surface area contributed by atoms with Gasteiger partial charge in [0, 0.05) is 25.1 Å². The molecule has 0 heterocycles. The molecule has 2 aromatic rings. The molecule has 0 unspecified atom stereocenters. The number of nitrogens with two attached hydrogens (primary N) is 1. The third kappa shape index (κ3) is 4.47. The Morgan fingerprint density at radius 2 is 1.68 bits per heavy atom. The fourth-order valence-electron chi connectivity index (χ4n) is 3.35. The molecule has 4 heteroatoms. The van der Waals surface area contributed by atoms with E-state index >= 15 is 0 Å². The molecular weight excluding hydrogens is 312 g/mol. The van der Waals surface area contributed by atoms with Crippen LogP contribution in [0.1, 0.15) is 46.3 Å². The molecule has 1 aliphatic carbocycles. The summed E-state index contributed by atoms with van der Waals surface area (Å²) in [5, 5.41) is 0. The zero-order valence-electron chi connectivity index (χ0n) is 14.4. The van der Waals surface area contributed by atoms with Crippen molar-refractivity contribution in [1.82, 2.24) is 4.90 Å². The summed E-state index contributed by atoms with van der Waals surface area (Å²) in [4.78, 5) is 25.9. The first-order valence-corrected chi connectivity index (χ1v) is 8.87. The highest BCUT2D eigenvalue weighted by Gasteiger charge is 2.19. The third-order valence-electron chi connectivity index (χ3n) is 4.73. The Labute approximate surface area is 148 Å². The highest BCUT2D eigenvalue weighted by molar-refractivity contribution is 5.94. The zero-order valence-corrected chi connectivity index (χ0v) is 14.4. The van der Waals surface area contributed by atoms with Gasteiger partial charge in [-0.25, -0.2) is 0 Å². The predicted molar refractivity (Wildman–Crippen MR) is 98.1 cm³/mol. The maximum Gasteiger partial charge on any atom is 0.254 e. The van der Waals surface area contributed by atoms with Gasteiger partial charge >= 0.3 is 0 Å². The summed E-state index contributed by atoms with van der Waals surface area (Å²) in [6, 6.07) is 15.8. The standard InChI is InChI=1S/C21H24N2O2/c22-20(24)12-13-23(15-16-6-2-1-3-7-16)21(25)19-11-10-17-8-4-5-9-18(17)14-19/h1-3,6-7,10-11,14H,4-5,8-9,12-13,15H2,(H2,22,24). The number of hydrogen-bond donors (Lipinski definition) is 1. The molecule has 0 atom stereocenters. The minimum atomic E-state index is -0.392. The van der Waals surface area contributed by atoms with Gasteiger partial charge in [-0.3, -0.25) is 9.59 Å². The first-order valence-electron chi connectivity index (χ1n) is 8.87. The average Bonchev–Trinajstić information content (AvgIpc) is 2.65. The smallest absolute Gasteiger partial charge is 0.254 e. The van der Waals surface area contributed by atoms with Gasteiger partial charge in [0.15, 0.2) is 0 Å². The first-order chi connectivity index (χ1) is 12.1. The number of carbonyl (C=O) groups is 2. The molecule has 25 heavy (non-hydrogen) atoms. The van der Waals surface area contributed by atoms with E-state index in [1.807, 2.05) is 42.5 Å². The van der Waals surface area contributed by atoms with E-state index in [9.17, 15) is 9.59 Å². The van der Waals surface area contributed by atoms with Crippen LogP contribution in [0, 0.1) is 0 Å². The molecule has 0 spiro atoms. The van der Waals surface area contributed by atoms with E-state index in [-0.39, 0.29) is 12.3 Å². The number of aryl methyl sites for hydroxylation is 2. The molecule has 0 aliphatic heterocycles. The van der Waals surface area contributed by atoms with E-state index < -0.39 is 5.91 Å². The van der Waals surface area contributed by atoms with Crippen molar-refractivity contribution in [1.29, 1.82) is 0 Å². The fraction of sp³-hybridized carbons (Fsp3) is 0.333. The molecule has 4 nitrogen and oxygen atoms in total. The van der Waals surface area contributed by atoms with Gasteiger partial charge < -0.3 is 10.6 Å². The Balaban J connectivity index is 1.81. The Morgan fingerprint density at radius 1 is 0.960 bits per heavy atom. The van der Waals surface area contributed by atoms with Gasteiger partial charge in [0.2, 0.25) is 5.91 Å². The molecule has 130 valence electrons. The number of nitrogens with zero attached hydrogens (tertiary/aromatic N) is 1. The van der Waals surface area contributed by atoms with Crippen molar-refractivity contribution in [2.45, 2.75) is 38.6 Å². The minimum Gasteiger partial charge on any atom is -0.370 e. The lowest BCUT2D eigenvalue weighted by Crippen LogP contribution is -2.33. The van der Waals surface area contributed by atoms with E-state index in [1.54, 1.807) is 4.90 Å². The van der Waals surface area contributed by atoms with Crippen LogP contribution in [0.4, 0.5) is 0 Å². The molecule has 0 bridgehead atoms. The normalized spacial score (nSPS) is 13.1. The third-order valence-corrected chi connectivity index (χ3v) is 4.73. The second-order valence-electron chi connectivity index (χ2n) is 6.62. The van der Waals surface area contributed by atoms with Crippen molar-refractivity contribution < 1.29 is 9.59 Å². The summed E-state index contributed by atoms with van der Waals surface area (Å²) >= 11 is 0. The Hall–Kier alpha value is -2.62. The molecule has 0 saturated heterocycles. The Kier molecular flexibility index (Phi) is 5.49. The van der Waals surface area contributed by atoms with Crippen molar-refractivity contribution in [2.75, 3.05) is 6.54 Å². The second kappa shape index (κ2) is 7.97. The molecule has 0 fully saturated rings. The van der Waals surface area contributed by atoms with Crippen LogP contribution >= 0.6 is 0 Å². The number of fused-ring (bicyclic) bond motifs is 1. The second-order valence-corrected chi connectivity index (χ2v) is 6.62. The zero-order chi connectivity index (χ0) is 17.6. The van der Waals surface area contributed by atoms with Gasteiger partial charge in [-0.2, -0.15) is 0 Å². The molecule has 2 amide bonds. The van der Waals surface area contributed by atoms with Crippen molar-refractivity contribution in [3.63, 3.8) is 0 Å². The van der Waals surface area contributed by atoms with Crippen LogP contribution in [0.15, 0.2) is 48.5 Å². The van der Waals surface area contributed by atoms with Gasteiger partial charge in [-0.05, 0) is 54.5 Å². The average molecular weight is 336 g/mol. The van der Waals surface area contributed by atoms with Crippen molar-refractivity contribution in [2.24, 2.45) is 5.73 Å². The van der Waals surface area contributed by atoms with E-state index in [1.165, 1.54) is 24.0 Å². The first kappa shape index (κ1) is 17.2. The molecule has 0 saturated carbocycles. The number of benzene rings is 2. The minimum absolute atomic E-state index is 0.0431. The van der Waals surface area contributed by atoms with Crippen LogP contribution in [0.2, 0.25) is 0 Å². The number of hydrogen-bond acceptors (Lipinski definition) is 2. The summed E-state index contributed by atoms with van der Waals surface area (Å²) in [5.41, 5.74) is 9.66. The summed E-state index contributed by atoms with van der Waals surface area (Å²) in [7, 11) is 0. The molecule has 0 aromatic heterocycles. The van der Waals surface area contributed by atoms with Gasteiger partial charge in [-0.15, -0.1) is 0 Å². The molecule has 2 N–H and O–H groups in total. The van der Waals surface area contributed by atoms with E-state index in [4.69, 9.17) is 5.73 Å². The lowest BCUT2D eigenvalue weighted by molar-refractivity contribution is -0.118. The SMILES string of the molecule is NC(=O)CCN(Cc1ccccc1)C(=O)c1ccc2c(c1)CCCC2. The number of amides is 2. The van der Waals surface area contributed by atoms with Crippen LogP contribution in [0.5, 0.6) is 0 Å². The van der Waals surface area contributed by atoms with Gasteiger partial charge in [-0.1, -0.05) is 36.4 Å². The van der Waals surface area contributed by atoms with Crippen molar-refractivity contribution >= 4 is 11.8 Å². The summed E-state index contributed by atoms with van der Waals surface area (Å²) in [5.74, 6) is -0.435. The molecule has 1 aliphatic rings.